The average molecular weight is 547 g/mol. The van der Waals surface area contributed by atoms with E-state index in [4.69, 9.17) is 0 Å². The van der Waals surface area contributed by atoms with Crippen LogP contribution in [0.1, 0.15) is 61.2 Å². The van der Waals surface area contributed by atoms with Crippen LogP contribution >= 0.6 is 11.8 Å². The molecule has 0 radical (unpaired) electrons. The van der Waals surface area contributed by atoms with Crippen LogP contribution in [0, 0.1) is 6.92 Å². The lowest BCUT2D eigenvalue weighted by atomic mass is 9.90. The van der Waals surface area contributed by atoms with Crippen molar-refractivity contribution in [2.45, 2.75) is 71.6 Å². The van der Waals surface area contributed by atoms with Gasteiger partial charge in [0.1, 0.15) is 6.04 Å². The molecular weight excluding hydrogens is 504 g/mol. The molecule has 0 aliphatic rings. The van der Waals surface area contributed by atoms with E-state index < -0.39 is 12.0 Å². The van der Waals surface area contributed by atoms with Crippen LogP contribution in [-0.2, 0) is 17.8 Å². The second kappa shape index (κ2) is 13.8. The predicted octanol–water partition coefficient (Wildman–Crippen LogP) is 6.83. The monoisotopic (exact) mass is 546 g/mol. The molecule has 39 heavy (non-hydrogen) atoms. The third-order valence-electron chi connectivity index (χ3n) is 7.21. The normalized spacial score (nSPS) is 12.5. The Morgan fingerprint density at radius 3 is 2.23 bits per heavy atom. The lowest BCUT2D eigenvalue weighted by Gasteiger charge is -2.42. The topological polar surface area (TPSA) is 69.6 Å². The van der Waals surface area contributed by atoms with Gasteiger partial charge in [0, 0.05) is 23.7 Å². The van der Waals surface area contributed by atoms with Crippen molar-refractivity contribution in [1.29, 1.82) is 0 Å². The van der Waals surface area contributed by atoms with E-state index in [1.807, 2.05) is 55.6 Å². The number of rotatable bonds is 13. The van der Waals surface area contributed by atoms with Crippen LogP contribution in [-0.4, -0.2) is 51.5 Å². The summed E-state index contributed by atoms with van der Waals surface area (Å²) >= 11 is 1.57. The number of aryl methyl sites for hydroxylation is 1. The number of amides is 1. The minimum atomic E-state index is -1.01. The summed E-state index contributed by atoms with van der Waals surface area (Å²) in [7, 11) is 0. The molecule has 5 nitrogen and oxygen atoms in total. The van der Waals surface area contributed by atoms with Crippen molar-refractivity contribution in [3.05, 3.63) is 95.1 Å². The van der Waals surface area contributed by atoms with Gasteiger partial charge in [0.05, 0.1) is 0 Å². The number of benzene rings is 3. The Hall–Kier alpha value is -3.09. The Morgan fingerprint density at radius 1 is 0.949 bits per heavy atom. The number of carbonyl (C=O) groups excluding carboxylic acids is 1. The molecular formula is C33H42N2O3S. The predicted molar refractivity (Wildman–Crippen MR) is 163 cm³/mol. The summed E-state index contributed by atoms with van der Waals surface area (Å²) in [5, 5.41) is 12.4. The van der Waals surface area contributed by atoms with E-state index in [9.17, 15) is 14.7 Å². The Balaban J connectivity index is 1.98. The molecule has 3 aromatic carbocycles. The number of carbonyl (C=O) groups is 2. The fraction of sp³-hybridized carbons (Fsp3) is 0.394. The average Bonchev–Trinajstić information content (AvgIpc) is 2.89. The molecule has 0 bridgehead atoms. The Bertz CT molecular complexity index is 1260. The van der Waals surface area contributed by atoms with Crippen LogP contribution in [0.4, 0.5) is 0 Å². The highest BCUT2D eigenvalue weighted by atomic mass is 32.2. The van der Waals surface area contributed by atoms with Crippen LogP contribution in [0.25, 0.3) is 11.1 Å². The maximum absolute atomic E-state index is 13.4. The third kappa shape index (κ3) is 8.20. The van der Waals surface area contributed by atoms with Crippen molar-refractivity contribution in [1.82, 2.24) is 10.2 Å². The molecule has 2 N–H and O–H groups in total. The second-order valence-corrected chi connectivity index (χ2v) is 12.0. The van der Waals surface area contributed by atoms with Crippen LogP contribution < -0.4 is 5.32 Å². The number of carboxylic acid groups (broad SMARTS) is 1. The van der Waals surface area contributed by atoms with E-state index in [-0.39, 0.29) is 11.4 Å². The first-order valence-electron chi connectivity index (χ1n) is 13.6. The minimum absolute atomic E-state index is 0.0968. The van der Waals surface area contributed by atoms with Gasteiger partial charge in [0.15, 0.2) is 0 Å². The molecule has 1 amide bonds. The van der Waals surface area contributed by atoms with Crippen molar-refractivity contribution in [2.24, 2.45) is 0 Å². The summed E-state index contributed by atoms with van der Waals surface area (Å²) in [4.78, 5) is 27.8. The molecule has 6 heteroatoms. The molecule has 1 atom stereocenters. The fourth-order valence-corrected chi connectivity index (χ4v) is 5.68. The number of hydrogen-bond donors (Lipinski definition) is 2. The Kier molecular flexibility index (Phi) is 10.8. The number of aliphatic carboxylic acids is 1. The lowest BCUT2D eigenvalue weighted by molar-refractivity contribution is -0.139. The smallest absolute Gasteiger partial charge is 0.326 e. The first-order valence-corrected chi connectivity index (χ1v) is 14.9. The van der Waals surface area contributed by atoms with E-state index in [0.717, 1.165) is 35.2 Å². The van der Waals surface area contributed by atoms with Gasteiger partial charge >= 0.3 is 5.97 Å². The van der Waals surface area contributed by atoms with E-state index in [1.54, 1.807) is 11.8 Å². The summed E-state index contributed by atoms with van der Waals surface area (Å²) in [5.41, 5.74) is 5.66. The highest BCUT2D eigenvalue weighted by Gasteiger charge is 2.30. The summed E-state index contributed by atoms with van der Waals surface area (Å²) < 4.78 is 0. The third-order valence-corrected chi connectivity index (χ3v) is 7.86. The molecule has 0 aliphatic heterocycles. The van der Waals surface area contributed by atoms with Gasteiger partial charge < -0.3 is 10.4 Å². The van der Waals surface area contributed by atoms with Crippen molar-refractivity contribution >= 4 is 23.6 Å². The molecule has 0 aromatic heterocycles. The zero-order valence-electron chi connectivity index (χ0n) is 24.0. The van der Waals surface area contributed by atoms with Gasteiger partial charge in [-0.1, -0.05) is 60.7 Å². The zero-order chi connectivity index (χ0) is 28.6. The maximum atomic E-state index is 13.4. The first kappa shape index (κ1) is 30.5. The van der Waals surface area contributed by atoms with Crippen LogP contribution in [0.5, 0.6) is 0 Å². The molecule has 0 unspecified atom stereocenters. The maximum Gasteiger partial charge on any atom is 0.326 e. The molecule has 0 heterocycles. The van der Waals surface area contributed by atoms with E-state index in [1.165, 1.54) is 5.56 Å². The number of thioether (sulfide) groups is 1. The van der Waals surface area contributed by atoms with E-state index in [2.05, 4.69) is 68.2 Å². The molecule has 0 aliphatic carbocycles. The molecule has 0 fully saturated rings. The number of nitrogens with one attached hydrogen (secondary N) is 1. The van der Waals surface area contributed by atoms with Crippen LogP contribution in [0.2, 0.25) is 0 Å². The lowest BCUT2D eigenvalue weighted by Crippen LogP contribution is -2.48. The Labute approximate surface area is 238 Å². The van der Waals surface area contributed by atoms with Gasteiger partial charge in [-0.15, -0.1) is 0 Å². The fourth-order valence-electron chi connectivity index (χ4n) is 5.20. The molecule has 0 spiro atoms. The van der Waals surface area contributed by atoms with E-state index in [0.29, 0.717) is 23.8 Å². The summed E-state index contributed by atoms with van der Waals surface area (Å²) in [6.45, 7) is 11.8. The number of hydrogen-bond acceptors (Lipinski definition) is 4. The van der Waals surface area contributed by atoms with Gasteiger partial charge in [-0.25, -0.2) is 4.79 Å². The quantitative estimate of drug-likeness (QED) is 0.246. The molecule has 0 saturated heterocycles. The summed E-state index contributed by atoms with van der Waals surface area (Å²) in [5.74, 6) is -0.719. The van der Waals surface area contributed by atoms with Gasteiger partial charge in [-0.2, -0.15) is 11.8 Å². The SMILES string of the molecule is CSCC[C@H](NC(=O)c1ccc(CN(C(C)C)C(C)(C)Cc2ccccc2)cc1-c1ccccc1C)C(=O)O. The van der Waals surface area contributed by atoms with Crippen LogP contribution in [0.3, 0.4) is 0 Å². The van der Waals surface area contributed by atoms with Crippen molar-refractivity contribution in [3.8, 4) is 11.1 Å². The first-order chi connectivity index (χ1) is 18.5. The van der Waals surface area contributed by atoms with Gasteiger partial charge in [0.2, 0.25) is 0 Å². The van der Waals surface area contributed by atoms with Gasteiger partial charge in [-0.3, -0.25) is 9.69 Å². The van der Waals surface area contributed by atoms with Crippen molar-refractivity contribution in [2.75, 3.05) is 12.0 Å². The second-order valence-electron chi connectivity index (χ2n) is 11.0. The highest BCUT2D eigenvalue weighted by molar-refractivity contribution is 7.98. The van der Waals surface area contributed by atoms with Gasteiger partial charge in [-0.05, 0) is 99.4 Å². The molecule has 3 aromatic rings. The largest absolute Gasteiger partial charge is 0.480 e. The van der Waals surface area contributed by atoms with Crippen molar-refractivity contribution < 1.29 is 14.7 Å². The summed E-state index contributed by atoms with van der Waals surface area (Å²) in [6, 6.07) is 23.9. The molecule has 3 rings (SSSR count). The molecule has 208 valence electrons. The standard InChI is InChI=1S/C33H42N2O3S/c1-23(2)35(33(4,5)21-25-13-8-7-9-14-25)22-26-16-17-28(29(20-26)27-15-11-10-12-24(27)3)31(36)34-30(32(37)38)18-19-39-6/h7-17,20,23,30H,18-19,21-22H2,1-6H3,(H,34,36)(H,37,38)/t30-/m0/s1. The number of carboxylic acids is 1. The van der Waals surface area contributed by atoms with Crippen molar-refractivity contribution in [3.63, 3.8) is 0 Å². The number of nitrogens with zero attached hydrogens (tertiary/aromatic N) is 1. The summed E-state index contributed by atoms with van der Waals surface area (Å²) in [6.07, 6.45) is 3.22. The highest BCUT2D eigenvalue weighted by Crippen LogP contribution is 2.31. The zero-order valence-corrected chi connectivity index (χ0v) is 24.8. The Morgan fingerprint density at radius 2 is 1.62 bits per heavy atom. The minimum Gasteiger partial charge on any atom is -0.480 e. The van der Waals surface area contributed by atoms with Gasteiger partial charge in [0.25, 0.3) is 5.91 Å². The van der Waals surface area contributed by atoms with Crippen LogP contribution in [0.15, 0.2) is 72.8 Å². The van der Waals surface area contributed by atoms with E-state index >= 15 is 0 Å². The molecule has 0 saturated carbocycles.